The Morgan fingerprint density at radius 1 is 1.33 bits per heavy atom. The standard InChI is InChI=1S/C13H22N2/c1-3-8-15(9-12-4-5-12)10-13-11(2)6-7-14-13/h1,11-14H,4-10H2,2H3. The van der Waals surface area contributed by atoms with Crippen molar-refractivity contribution in [3.8, 4) is 12.3 Å². The maximum atomic E-state index is 5.42. The van der Waals surface area contributed by atoms with Crippen LogP contribution in [0.4, 0.5) is 0 Å². The summed E-state index contributed by atoms with van der Waals surface area (Å²) in [5.74, 6) is 4.54. The van der Waals surface area contributed by atoms with E-state index in [9.17, 15) is 0 Å². The van der Waals surface area contributed by atoms with Crippen LogP contribution in [0.25, 0.3) is 0 Å². The molecule has 1 aliphatic carbocycles. The van der Waals surface area contributed by atoms with Crippen LogP contribution in [0.15, 0.2) is 0 Å². The fraction of sp³-hybridized carbons (Fsp3) is 0.846. The third kappa shape index (κ3) is 3.22. The van der Waals surface area contributed by atoms with Crippen molar-refractivity contribution < 1.29 is 0 Å². The van der Waals surface area contributed by atoms with Crippen molar-refractivity contribution >= 4 is 0 Å². The Bertz CT molecular complexity index is 239. The number of terminal acetylenes is 1. The van der Waals surface area contributed by atoms with Crippen molar-refractivity contribution in [1.29, 1.82) is 0 Å². The molecule has 84 valence electrons. The Morgan fingerprint density at radius 2 is 2.13 bits per heavy atom. The van der Waals surface area contributed by atoms with Crippen molar-refractivity contribution in [3.05, 3.63) is 0 Å². The smallest absolute Gasteiger partial charge is 0.0599 e. The molecule has 2 fully saturated rings. The number of nitrogens with one attached hydrogen (secondary N) is 1. The summed E-state index contributed by atoms with van der Waals surface area (Å²) in [4.78, 5) is 2.46. The first-order chi connectivity index (χ1) is 7.29. The molecular formula is C13H22N2. The van der Waals surface area contributed by atoms with Gasteiger partial charge >= 0.3 is 0 Å². The van der Waals surface area contributed by atoms with E-state index in [0.717, 1.165) is 24.9 Å². The lowest BCUT2D eigenvalue weighted by Gasteiger charge is -2.25. The van der Waals surface area contributed by atoms with Gasteiger partial charge in [0.25, 0.3) is 0 Å². The summed E-state index contributed by atoms with van der Waals surface area (Å²) in [6, 6.07) is 0.664. The van der Waals surface area contributed by atoms with E-state index in [1.54, 1.807) is 0 Å². The van der Waals surface area contributed by atoms with E-state index in [2.05, 4.69) is 23.1 Å². The lowest BCUT2D eigenvalue weighted by Crippen LogP contribution is -2.41. The van der Waals surface area contributed by atoms with Gasteiger partial charge in [-0.1, -0.05) is 12.8 Å². The largest absolute Gasteiger partial charge is 0.312 e. The Morgan fingerprint density at radius 3 is 2.67 bits per heavy atom. The van der Waals surface area contributed by atoms with E-state index < -0.39 is 0 Å². The molecule has 1 saturated heterocycles. The van der Waals surface area contributed by atoms with Gasteiger partial charge in [-0.25, -0.2) is 0 Å². The van der Waals surface area contributed by atoms with Gasteiger partial charge in [-0.05, 0) is 37.6 Å². The van der Waals surface area contributed by atoms with Gasteiger partial charge in [-0.15, -0.1) is 6.42 Å². The summed E-state index contributed by atoms with van der Waals surface area (Å²) in [6.45, 7) is 6.70. The van der Waals surface area contributed by atoms with Crippen LogP contribution in [0.3, 0.4) is 0 Å². The second-order valence-electron chi connectivity index (χ2n) is 5.17. The molecule has 0 aromatic rings. The molecule has 2 atom stereocenters. The van der Waals surface area contributed by atoms with Gasteiger partial charge in [0.2, 0.25) is 0 Å². The van der Waals surface area contributed by atoms with Gasteiger partial charge in [0, 0.05) is 19.1 Å². The van der Waals surface area contributed by atoms with Gasteiger partial charge in [0.15, 0.2) is 0 Å². The van der Waals surface area contributed by atoms with Crippen LogP contribution >= 0.6 is 0 Å². The van der Waals surface area contributed by atoms with E-state index in [1.807, 2.05) is 0 Å². The number of hydrogen-bond donors (Lipinski definition) is 1. The van der Waals surface area contributed by atoms with E-state index in [1.165, 1.54) is 32.4 Å². The zero-order valence-electron chi connectivity index (χ0n) is 9.71. The molecule has 0 amide bonds. The molecule has 2 aliphatic rings. The molecule has 0 aromatic heterocycles. The van der Waals surface area contributed by atoms with Crippen molar-refractivity contribution in [3.63, 3.8) is 0 Å². The fourth-order valence-corrected chi connectivity index (χ4v) is 2.42. The first kappa shape index (κ1) is 11.0. The van der Waals surface area contributed by atoms with E-state index in [4.69, 9.17) is 6.42 Å². The summed E-state index contributed by atoms with van der Waals surface area (Å²) in [5.41, 5.74) is 0. The van der Waals surface area contributed by atoms with Gasteiger partial charge in [-0.3, -0.25) is 4.90 Å². The maximum Gasteiger partial charge on any atom is 0.0599 e. The topological polar surface area (TPSA) is 15.3 Å². The highest BCUT2D eigenvalue weighted by molar-refractivity contribution is 4.93. The first-order valence-corrected chi connectivity index (χ1v) is 6.19. The third-order valence-corrected chi connectivity index (χ3v) is 3.68. The Labute approximate surface area is 93.4 Å². The summed E-state index contributed by atoms with van der Waals surface area (Å²) in [6.07, 6.45) is 9.56. The highest BCUT2D eigenvalue weighted by Crippen LogP contribution is 2.30. The summed E-state index contributed by atoms with van der Waals surface area (Å²) >= 11 is 0. The number of hydrogen-bond acceptors (Lipinski definition) is 2. The predicted molar refractivity (Wildman–Crippen MR) is 63.6 cm³/mol. The number of rotatable bonds is 5. The molecule has 1 aliphatic heterocycles. The van der Waals surface area contributed by atoms with Crippen molar-refractivity contribution in [2.75, 3.05) is 26.2 Å². The lowest BCUT2D eigenvalue weighted by atomic mass is 10.0. The molecular weight excluding hydrogens is 184 g/mol. The SMILES string of the molecule is C#CCN(CC1CC1)CC1NCCC1C. The average molecular weight is 206 g/mol. The monoisotopic (exact) mass is 206 g/mol. The van der Waals surface area contributed by atoms with Gasteiger partial charge in [0.1, 0.15) is 0 Å². The molecule has 0 bridgehead atoms. The average Bonchev–Trinajstić information content (AvgIpc) is 2.92. The molecule has 2 unspecified atom stereocenters. The molecule has 1 saturated carbocycles. The van der Waals surface area contributed by atoms with Crippen LogP contribution in [-0.4, -0.2) is 37.1 Å². The predicted octanol–water partition coefficient (Wildman–Crippen LogP) is 1.33. The second-order valence-corrected chi connectivity index (χ2v) is 5.17. The molecule has 15 heavy (non-hydrogen) atoms. The van der Waals surface area contributed by atoms with Crippen LogP contribution in [0.1, 0.15) is 26.2 Å². The van der Waals surface area contributed by atoms with Crippen molar-refractivity contribution in [2.45, 2.75) is 32.2 Å². The van der Waals surface area contributed by atoms with E-state index >= 15 is 0 Å². The summed E-state index contributed by atoms with van der Waals surface area (Å²) < 4.78 is 0. The van der Waals surface area contributed by atoms with Gasteiger partial charge in [0.05, 0.1) is 6.54 Å². The third-order valence-electron chi connectivity index (χ3n) is 3.68. The van der Waals surface area contributed by atoms with E-state index in [-0.39, 0.29) is 0 Å². The van der Waals surface area contributed by atoms with Crippen LogP contribution < -0.4 is 5.32 Å². The quantitative estimate of drug-likeness (QED) is 0.683. The van der Waals surface area contributed by atoms with Crippen LogP contribution in [-0.2, 0) is 0 Å². The zero-order chi connectivity index (χ0) is 10.7. The van der Waals surface area contributed by atoms with Crippen molar-refractivity contribution in [1.82, 2.24) is 10.2 Å². The minimum absolute atomic E-state index is 0.664. The molecule has 2 nitrogen and oxygen atoms in total. The van der Waals surface area contributed by atoms with Crippen LogP contribution in [0.2, 0.25) is 0 Å². The normalized spacial score (nSPS) is 30.7. The van der Waals surface area contributed by atoms with Crippen molar-refractivity contribution in [2.24, 2.45) is 11.8 Å². The molecule has 0 aromatic carbocycles. The highest BCUT2D eigenvalue weighted by Gasteiger charge is 2.28. The lowest BCUT2D eigenvalue weighted by molar-refractivity contribution is 0.249. The molecule has 2 heteroatoms. The molecule has 2 rings (SSSR count). The molecule has 1 N–H and O–H groups in total. The number of nitrogens with zero attached hydrogens (tertiary/aromatic N) is 1. The van der Waals surface area contributed by atoms with Crippen LogP contribution in [0.5, 0.6) is 0 Å². The Kier molecular flexibility index (Phi) is 3.66. The second kappa shape index (κ2) is 5.01. The molecule has 0 spiro atoms. The molecule has 1 heterocycles. The zero-order valence-corrected chi connectivity index (χ0v) is 9.71. The van der Waals surface area contributed by atoms with Crippen LogP contribution in [0, 0.1) is 24.2 Å². The fourth-order valence-electron chi connectivity index (χ4n) is 2.42. The van der Waals surface area contributed by atoms with Gasteiger partial charge in [-0.2, -0.15) is 0 Å². The van der Waals surface area contributed by atoms with E-state index in [0.29, 0.717) is 6.04 Å². The highest BCUT2D eigenvalue weighted by atomic mass is 15.2. The molecule has 0 radical (unpaired) electrons. The minimum atomic E-state index is 0.664. The minimum Gasteiger partial charge on any atom is -0.312 e. The van der Waals surface area contributed by atoms with Gasteiger partial charge < -0.3 is 5.32 Å². The maximum absolute atomic E-state index is 5.42. The first-order valence-electron chi connectivity index (χ1n) is 6.19. The summed E-state index contributed by atoms with van der Waals surface area (Å²) in [5, 5.41) is 3.58. The summed E-state index contributed by atoms with van der Waals surface area (Å²) in [7, 11) is 0. The Balaban J connectivity index is 1.79. The Hall–Kier alpha value is -0.520.